The monoisotopic (exact) mass is 381 g/mol. The minimum atomic E-state index is -0.206. The highest BCUT2D eigenvalue weighted by atomic mass is 16.5. The Bertz CT molecular complexity index is 1150. The number of ether oxygens (including phenoxy) is 1. The number of nitrogens with one attached hydrogen (secondary N) is 1. The number of hydrogen-bond donors (Lipinski definition) is 1. The minimum Gasteiger partial charge on any atom is -0.460 e. The van der Waals surface area contributed by atoms with Crippen LogP contribution in [0.2, 0.25) is 0 Å². The summed E-state index contributed by atoms with van der Waals surface area (Å²) in [5.41, 5.74) is 6.79. The molecule has 29 heavy (non-hydrogen) atoms. The van der Waals surface area contributed by atoms with Gasteiger partial charge in [0.25, 0.3) is 0 Å². The van der Waals surface area contributed by atoms with E-state index in [4.69, 9.17) is 4.74 Å². The topological polar surface area (TPSA) is 42.1 Å². The predicted molar refractivity (Wildman–Crippen MR) is 116 cm³/mol. The highest BCUT2D eigenvalue weighted by molar-refractivity contribution is 5.99. The zero-order valence-corrected chi connectivity index (χ0v) is 16.2. The van der Waals surface area contributed by atoms with Crippen LogP contribution in [-0.2, 0) is 22.6 Å². The van der Waals surface area contributed by atoms with Crippen molar-refractivity contribution in [1.82, 2.24) is 4.98 Å². The average Bonchev–Trinajstić information content (AvgIpc) is 3.17. The van der Waals surface area contributed by atoms with E-state index in [1.807, 2.05) is 36.4 Å². The molecule has 5 rings (SSSR count). The van der Waals surface area contributed by atoms with E-state index in [9.17, 15) is 4.79 Å². The van der Waals surface area contributed by atoms with Gasteiger partial charge in [-0.2, -0.15) is 0 Å². The van der Waals surface area contributed by atoms with Crippen LogP contribution < -0.4 is 0 Å². The van der Waals surface area contributed by atoms with Gasteiger partial charge in [-0.1, -0.05) is 78.9 Å². The summed E-state index contributed by atoms with van der Waals surface area (Å²) >= 11 is 0. The second kappa shape index (κ2) is 7.59. The number of aryl methyl sites for hydroxylation is 1. The normalized spacial score (nSPS) is 15.8. The molecule has 0 saturated carbocycles. The van der Waals surface area contributed by atoms with Gasteiger partial charge in [-0.15, -0.1) is 0 Å². The summed E-state index contributed by atoms with van der Waals surface area (Å²) in [7, 11) is 0. The average molecular weight is 381 g/mol. The fourth-order valence-corrected chi connectivity index (χ4v) is 4.44. The largest absolute Gasteiger partial charge is 0.460 e. The smallest absolute Gasteiger partial charge is 0.313 e. The lowest BCUT2D eigenvalue weighted by atomic mass is 9.85. The molecule has 3 heteroatoms. The molecule has 1 aromatic heterocycles. The van der Waals surface area contributed by atoms with Gasteiger partial charge in [0, 0.05) is 16.6 Å². The number of H-pyrrole nitrogens is 1. The zero-order chi connectivity index (χ0) is 19.6. The second-order valence-electron chi connectivity index (χ2n) is 7.65. The molecule has 3 aromatic carbocycles. The number of aromatic nitrogens is 1. The molecule has 1 heterocycles. The van der Waals surface area contributed by atoms with Crippen molar-refractivity contribution in [1.29, 1.82) is 0 Å². The Hall–Kier alpha value is -3.33. The van der Waals surface area contributed by atoms with Crippen LogP contribution in [0.25, 0.3) is 22.0 Å². The molecule has 0 amide bonds. The van der Waals surface area contributed by atoms with Crippen molar-refractivity contribution in [2.45, 2.75) is 31.8 Å². The number of aromatic amines is 1. The predicted octanol–water partition coefficient (Wildman–Crippen LogP) is 6.00. The number of rotatable bonds is 4. The van der Waals surface area contributed by atoms with Crippen molar-refractivity contribution in [3.05, 3.63) is 95.7 Å². The SMILES string of the molecule is O=C(OCc1ccccc1)C1CCCc2[nH]c3c(-c4ccccc4)cccc3c21. The number of fused-ring (bicyclic) bond motifs is 3. The number of hydrogen-bond acceptors (Lipinski definition) is 2. The second-order valence-corrected chi connectivity index (χ2v) is 7.65. The molecule has 0 saturated heterocycles. The lowest BCUT2D eigenvalue weighted by Crippen LogP contribution is -2.20. The maximum atomic E-state index is 13.0. The number of esters is 1. The molecule has 1 aliphatic carbocycles. The summed E-state index contributed by atoms with van der Waals surface area (Å²) in [6.45, 7) is 0.323. The fourth-order valence-electron chi connectivity index (χ4n) is 4.44. The molecule has 1 unspecified atom stereocenters. The third kappa shape index (κ3) is 3.33. The highest BCUT2D eigenvalue weighted by Crippen LogP contribution is 2.40. The van der Waals surface area contributed by atoms with Crippen LogP contribution in [0.4, 0.5) is 0 Å². The third-order valence-corrected chi connectivity index (χ3v) is 5.82. The number of carbonyl (C=O) groups excluding carboxylic acids is 1. The van der Waals surface area contributed by atoms with Gasteiger partial charge in [0.1, 0.15) is 6.61 Å². The van der Waals surface area contributed by atoms with Crippen LogP contribution in [-0.4, -0.2) is 11.0 Å². The third-order valence-electron chi connectivity index (χ3n) is 5.82. The molecule has 1 N–H and O–H groups in total. The van der Waals surface area contributed by atoms with E-state index in [1.165, 1.54) is 16.8 Å². The van der Waals surface area contributed by atoms with Gasteiger partial charge in [0.05, 0.1) is 11.4 Å². The number of carbonyl (C=O) groups is 1. The van der Waals surface area contributed by atoms with Gasteiger partial charge in [0.15, 0.2) is 0 Å². The standard InChI is InChI=1S/C26H23NO2/c28-26(29-17-18-9-3-1-4-10-18)22-15-8-16-23-24(22)21-14-7-13-20(25(21)27-23)19-11-5-2-6-12-19/h1-7,9-14,22,27H,8,15-17H2. The van der Waals surface area contributed by atoms with Gasteiger partial charge in [0.2, 0.25) is 0 Å². The van der Waals surface area contributed by atoms with Crippen molar-refractivity contribution in [3.8, 4) is 11.1 Å². The van der Waals surface area contributed by atoms with E-state index in [2.05, 4.69) is 47.4 Å². The van der Waals surface area contributed by atoms with E-state index >= 15 is 0 Å². The number of benzene rings is 3. The van der Waals surface area contributed by atoms with Crippen LogP contribution in [0, 0.1) is 0 Å². The lowest BCUT2D eigenvalue weighted by Gasteiger charge is -2.21. The van der Waals surface area contributed by atoms with Crippen molar-refractivity contribution < 1.29 is 9.53 Å². The van der Waals surface area contributed by atoms with Crippen molar-refractivity contribution in [2.75, 3.05) is 0 Å². The Morgan fingerprint density at radius 3 is 2.48 bits per heavy atom. The van der Waals surface area contributed by atoms with Gasteiger partial charge in [-0.25, -0.2) is 0 Å². The Kier molecular flexibility index (Phi) is 4.65. The minimum absolute atomic E-state index is 0.124. The molecule has 1 atom stereocenters. The summed E-state index contributed by atoms with van der Waals surface area (Å²) in [6.07, 6.45) is 2.80. The van der Waals surface area contributed by atoms with E-state index in [-0.39, 0.29) is 11.9 Å². The summed E-state index contributed by atoms with van der Waals surface area (Å²) < 4.78 is 5.70. The molecular formula is C26H23NO2. The first-order valence-corrected chi connectivity index (χ1v) is 10.2. The Balaban J connectivity index is 1.50. The Morgan fingerprint density at radius 1 is 0.931 bits per heavy atom. The first-order valence-electron chi connectivity index (χ1n) is 10.2. The summed E-state index contributed by atoms with van der Waals surface area (Å²) in [5.74, 6) is -0.331. The maximum absolute atomic E-state index is 13.0. The van der Waals surface area contributed by atoms with Crippen LogP contribution in [0.3, 0.4) is 0 Å². The molecule has 0 spiro atoms. The van der Waals surface area contributed by atoms with Crippen LogP contribution in [0.5, 0.6) is 0 Å². The summed E-state index contributed by atoms with van der Waals surface area (Å²) in [6, 6.07) is 26.6. The van der Waals surface area contributed by atoms with Crippen LogP contribution in [0.15, 0.2) is 78.9 Å². The highest BCUT2D eigenvalue weighted by Gasteiger charge is 2.31. The molecular weight excluding hydrogens is 358 g/mol. The van der Waals surface area contributed by atoms with Crippen LogP contribution >= 0.6 is 0 Å². The van der Waals surface area contributed by atoms with E-state index in [0.29, 0.717) is 6.61 Å². The molecule has 3 nitrogen and oxygen atoms in total. The van der Waals surface area contributed by atoms with E-state index in [1.54, 1.807) is 0 Å². The van der Waals surface area contributed by atoms with Gasteiger partial charge in [-0.3, -0.25) is 4.79 Å². The van der Waals surface area contributed by atoms with Crippen molar-refractivity contribution in [3.63, 3.8) is 0 Å². The molecule has 0 bridgehead atoms. The maximum Gasteiger partial charge on any atom is 0.313 e. The van der Waals surface area contributed by atoms with Crippen molar-refractivity contribution in [2.24, 2.45) is 0 Å². The summed E-state index contributed by atoms with van der Waals surface area (Å²) in [5, 5.41) is 1.14. The lowest BCUT2D eigenvalue weighted by molar-refractivity contribution is -0.147. The van der Waals surface area contributed by atoms with Gasteiger partial charge < -0.3 is 9.72 Å². The first kappa shape index (κ1) is 17.7. The molecule has 4 aromatic rings. The fraction of sp³-hybridized carbons (Fsp3) is 0.192. The quantitative estimate of drug-likeness (QED) is 0.441. The summed E-state index contributed by atoms with van der Waals surface area (Å²) in [4.78, 5) is 16.6. The van der Waals surface area contributed by atoms with Crippen LogP contribution in [0.1, 0.15) is 35.6 Å². The Labute approximate surface area is 170 Å². The molecule has 144 valence electrons. The number of para-hydroxylation sites is 1. The van der Waals surface area contributed by atoms with E-state index in [0.717, 1.165) is 41.3 Å². The molecule has 1 aliphatic rings. The molecule has 0 fully saturated rings. The van der Waals surface area contributed by atoms with Gasteiger partial charge in [-0.05, 0) is 36.0 Å². The van der Waals surface area contributed by atoms with E-state index < -0.39 is 0 Å². The van der Waals surface area contributed by atoms with Gasteiger partial charge >= 0.3 is 5.97 Å². The molecule has 0 aliphatic heterocycles. The zero-order valence-electron chi connectivity index (χ0n) is 16.2. The van der Waals surface area contributed by atoms with Crippen molar-refractivity contribution >= 4 is 16.9 Å². The first-order chi connectivity index (χ1) is 14.3. The Morgan fingerprint density at radius 2 is 1.69 bits per heavy atom. The molecule has 0 radical (unpaired) electrons.